The van der Waals surface area contributed by atoms with E-state index in [2.05, 4.69) is 0 Å². The molecule has 2 bridgehead atoms. The lowest BCUT2D eigenvalue weighted by atomic mass is 10.1. The van der Waals surface area contributed by atoms with Crippen molar-refractivity contribution in [2.75, 3.05) is 18.9 Å². The first-order valence-corrected chi connectivity index (χ1v) is 6.51. The third kappa shape index (κ3) is 2.03. The average molecular weight is 246 g/mol. The summed E-state index contributed by atoms with van der Waals surface area (Å²) >= 11 is 0. The quantitative estimate of drug-likeness (QED) is 0.825. The number of amides is 1. The fraction of sp³-hybridized carbons (Fsp3) is 0.500. The van der Waals surface area contributed by atoms with E-state index in [0.29, 0.717) is 17.5 Å². The van der Waals surface area contributed by atoms with Crippen LogP contribution in [-0.4, -0.2) is 30.0 Å². The van der Waals surface area contributed by atoms with Crippen molar-refractivity contribution in [3.05, 3.63) is 24.3 Å². The number of nitrogens with two attached hydrogens (primary N) is 1. The van der Waals surface area contributed by atoms with Gasteiger partial charge in [0.25, 0.3) is 5.91 Å². The van der Waals surface area contributed by atoms with E-state index >= 15 is 0 Å². The number of piperidine rings is 1. The molecule has 1 saturated carbocycles. The summed E-state index contributed by atoms with van der Waals surface area (Å²) < 4.78 is 5.50. The van der Waals surface area contributed by atoms with Gasteiger partial charge in [0.15, 0.2) is 6.61 Å². The summed E-state index contributed by atoms with van der Waals surface area (Å²) in [5.74, 6) is 1.40. The van der Waals surface area contributed by atoms with Crippen LogP contribution >= 0.6 is 0 Å². The molecule has 1 heterocycles. The van der Waals surface area contributed by atoms with Crippen LogP contribution in [0.1, 0.15) is 19.3 Å². The smallest absolute Gasteiger partial charge is 0.260 e. The highest BCUT2D eigenvalue weighted by Gasteiger charge is 2.40. The maximum absolute atomic E-state index is 12.1. The van der Waals surface area contributed by atoms with Crippen LogP contribution in [-0.2, 0) is 4.79 Å². The minimum atomic E-state index is 0.0884. The molecule has 1 aromatic carbocycles. The van der Waals surface area contributed by atoms with Gasteiger partial charge in [0.1, 0.15) is 5.75 Å². The van der Waals surface area contributed by atoms with E-state index in [1.165, 1.54) is 12.8 Å². The first-order chi connectivity index (χ1) is 8.74. The minimum absolute atomic E-state index is 0.0884. The van der Waals surface area contributed by atoms with Crippen molar-refractivity contribution in [2.24, 2.45) is 5.92 Å². The molecule has 18 heavy (non-hydrogen) atoms. The van der Waals surface area contributed by atoms with Crippen molar-refractivity contribution in [1.29, 1.82) is 0 Å². The number of ether oxygens (including phenoxy) is 1. The van der Waals surface area contributed by atoms with Gasteiger partial charge in [-0.05, 0) is 37.3 Å². The zero-order valence-electron chi connectivity index (χ0n) is 10.3. The maximum Gasteiger partial charge on any atom is 0.260 e. The first-order valence-electron chi connectivity index (χ1n) is 6.51. The van der Waals surface area contributed by atoms with Crippen molar-refractivity contribution in [2.45, 2.75) is 25.3 Å². The van der Waals surface area contributed by atoms with Crippen LogP contribution in [0.5, 0.6) is 5.75 Å². The van der Waals surface area contributed by atoms with Crippen LogP contribution in [0.25, 0.3) is 0 Å². The summed E-state index contributed by atoms with van der Waals surface area (Å²) in [6.45, 7) is 1.01. The number of para-hydroxylation sites is 2. The highest BCUT2D eigenvalue weighted by Crippen LogP contribution is 2.37. The van der Waals surface area contributed by atoms with E-state index in [9.17, 15) is 4.79 Å². The van der Waals surface area contributed by atoms with Crippen molar-refractivity contribution in [3.8, 4) is 5.75 Å². The molecule has 2 N–H and O–H groups in total. The maximum atomic E-state index is 12.1. The van der Waals surface area contributed by atoms with E-state index in [1.807, 2.05) is 17.0 Å². The third-order valence-corrected chi connectivity index (χ3v) is 4.00. The molecule has 4 nitrogen and oxygen atoms in total. The van der Waals surface area contributed by atoms with Gasteiger partial charge in [0.2, 0.25) is 0 Å². The standard InChI is InChI=1S/C14H18N2O2/c15-12-3-1-2-4-13(12)18-9-14(17)16-8-10-5-6-11(16)7-10/h1-4,10-11H,5-9,15H2. The largest absolute Gasteiger partial charge is 0.482 e. The van der Waals surface area contributed by atoms with E-state index in [-0.39, 0.29) is 12.5 Å². The molecule has 1 amide bonds. The van der Waals surface area contributed by atoms with Gasteiger partial charge in [0.05, 0.1) is 5.69 Å². The number of benzene rings is 1. The normalized spacial score (nSPS) is 25.4. The van der Waals surface area contributed by atoms with Crippen molar-refractivity contribution in [1.82, 2.24) is 4.90 Å². The lowest BCUT2D eigenvalue weighted by molar-refractivity contribution is -0.135. The van der Waals surface area contributed by atoms with Crippen LogP contribution in [0.2, 0.25) is 0 Å². The van der Waals surface area contributed by atoms with Crippen molar-refractivity contribution in [3.63, 3.8) is 0 Å². The molecule has 1 aromatic rings. The lowest BCUT2D eigenvalue weighted by Gasteiger charge is -2.26. The van der Waals surface area contributed by atoms with Gasteiger partial charge in [-0.1, -0.05) is 12.1 Å². The number of carbonyl (C=O) groups excluding carboxylic acids is 1. The number of fused-ring (bicyclic) bond motifs is 2. The minimum Gasteiger partial charge on any atom is -0.482 e. The van der Waals surface area contributed by atoms with Crippen molar-refractivity contribution < 1.29 is 9.53 Å². The summed E-state index contributed by atoms with van der Waals surface area (Å²) in [6, 6.07) is 7.73. The Kier molecular flexibility index (Phi) is 2.86. The SMILES string of the molecule is Nc1ccccc1OCC(=O)N1CC2CCC1C2. The highest BCUT2D eigenvalue weighted by atomic mass is 16.5. The Bertz CT molecular complexity index is 461. The summed E-state index contributed by atoms with van der Waals surface area (Å²) in [4.78, 5) is 14.1. The third-order valence-electron chi connectivity index (χ3n) is 4.00. The molecule has 96 valence electrons. The fourth-order valence-electron chi connectivity index (χ4n) is 3.06. The van der Waals surface area contributed by atoms with Gasteiger partial charge in [-0.15, -0.1) is 0 Å². The van der Waals surface area contributed by atoms with Crippen LogP contribution in [0.4, 0.5) is 5.69 Å². The Labute approximate surface area is 107 Å². The zero-order valence-corrected chi connectivity index (χ0v) is 10.3. The van der Waals surface area contributed by atoms with E-state index < -0.39 is 0 Å². The molecule has 1 saturated heterocycles. The second-order valence-corrected chi connectivity index (χ2v) is 5.21. The molecule has 4 heteroatoms. The predicted octanol–water partition coefficient (Wildman–Crippen LogP) is 1.66. The Morgan fingerprint density at radius 1 is 1.39 bits per heavy atom. The van der Waals surface area contributed by atoms with Gasteiger partial charge < -0.3 is 15.4 Å². The Morgan fingerprint density at radius 3 is 2.89 bits per heavy atom. The van der Waals surface area contributed by atoms with Gasteiger partial charge >= 0.3 is 0 Å². The summed E-state index contributed by atoms with van der Waals surface area (Å²) in [5, 5.41) is 0. The predicted molar refractivity (Wildman–Crippen MR) is 69.2 cm³/mol. The van der Waals surface area contributed by atoms with Crippen molar-refractivity contribution >= 4 is 11.6 Å². The molecular formula is C14H18N2O2. The molecule has 2 atom stereocenters. The molecule has 2 fully saturated rings. The van der Waals surface area contributed by atoms with E-state index in [0.717, 1.165) is 18.9 Å². The first kappa shape index (κ1) is 11.4. The number of nitrogens with zero attached hydrogens (tertiary/aromatic N) is 1. The highest BCUT2D eigenvalue weighted by molar-refractivity contribution is 5.78. The number of hydrogen-bond acceptors (Lipinski definition) is 3. The Balaban J connectivity index is 1.58. The van der Waals surface area contributed by atoms with Crippen LogP contribution in [0.15, 0.2) is 24.3 Å². The number of hydrogen-bond donors (Lipinski definition) is 1. The summed E-state index contributed by atoms with van der Waals surface area (Å²) in [6.07, 6.45) is 3.62. The molecular weight excluding hydrogens is 228 g/mol. The monoisotopic (exact) mass is 246 g/mol. The Hall–Kier alpha value is -1.71. The average Bonchev–Trinajstić information content (AvgIpc) is 2.99. The Morgan fingerprint density at radius 2 is 2.22 bits per heavy atom. The van der Waals surface area contributed by atoms with Crippen LogP contribution < -0.4 is 10.5 Å². The molecule has 2 aliphatic rings. The second kappa shape index (κ2) is 4.52. The number of rotatable bonds is 3. The van der Waals surface area contributed by atoms with Crippen LogP contribution in [0.3, 0.4) is 0 Å². The van der Waals surface area contributed by atoms with Gasteiger partial charge in [-0.3, -0.25) is 4.79 Å². The molecule has 0 spiro atoms. The summed E-state index contributed by atoms with van der Waals surface area (Å²) in [7, 11) is 0. The van der Waals surface area contributed by atoms with E-state index in [1.54, 1.807) is 12.1 Å². The van der Waals surface area contributed by atoms with Gasteiger partial charge in [-0.2, -0.15) is 0 Å². The molecule has 0 aromatic heterocycles. The number of likely N-dealkylation sites (tertiary alicyclic amines) is 1. The number of nitrogen functional groups attached to an aromatic ring is 1. The van der Waals surface area contributed by atoms with E-state index in [4.69, 9.17) is 10.5 Å². The fourth-order valence-corrected chi connectivity index (χ4v) is 3.06. The second-order valence-electron chi connectivity index (χ2n) is 5.21. The molecule has 1 aliphatic carbocycles. The molecule has 3 rings (SSSR count). The van der Waals surface area contributed by atoms with Gasteiger partial charge in [0, 0.05) is 12.6 Å². The molecule has 1 aliphatic heterocycles. The number of anilines is 1. The zero-order chi connectivity index (χ0) is 12.5. The van der Waals surface area contributed by atoms with Gasteiger partial charge in [-0.25, -0.2) is 0 Å². The summed E-state index contributed by atoms with van der Waals surface area (Å²) in [5.41, 5.74) is 6.35. The topological polar surface area (TPSA) is 55.6 Å². The number of carbonyl (C=O) groups is 1. The lowest BCUT2D eigenvalue weighted by Crippen LogP contribution is -2.40. The molecule has 2 unspecified atom stereocenters. The molecule has 0 radical (unpaired) electrons. The van der Waals surface area contributed by atoms with Crippen LogP contribution in [0, 0.1) is 5.92 Å².